The Morgan fingerprint density at radius 1 is 0.489 bits per heavy atom. The standard InChI is InChI=1S/C28H38N2O2.C25H25ClN2O4.C25H26N2O3/c1-26(2,3)21-14-20(15-22(16-21)27(4,5)6)25(31)30-11-9-28(10-12-30)18-32-24-8-7-19(17-29)13-23(24)28;26-18-2-1-3-19(13-18)30-15-20-5-7-23(32-20)24(29)28-10-8-25(9-11-28)16-31-22-6-4-17(14-27)12-21(22)25;1-17-3-2-4-19(13-17)21-7-8-23(30-21)24(28)27-11-9-25(10-12-27)16-29-22-6-5-18(15-26)14-20(22)25/h7-8,13-16H,9-12,17-18,29H2,1-6H3;1-7,12-13H,8-11,14-16,27H2;2-8,13-14H,9-12,15-16,26H2,1H3. The molecular weight excluding hydrogens is 1200 g/mol. The van der Waals surface area contributed by atoms with Crippen molar-refractivity contribution < 1.29 is 42.2 Å². The number of nitrogens with two attached hydrogens (primary N) is 3. The third-order valence-corrected chi connectivity index (χ3v) is 20.4. The molecule has 94 heavy (non-hydrogen) atoms. The van der Waals surface area contributed by atoms with Gasteiger partial charge in [0.05, 0.1) is 19.8 Å². The molecule has 0 bridgehead atoms. The highest BCUT2D eigenvalue weighted by Crippen LogP contribution is 2.49. The van der Waals surface area contributed by atoms with Crippen molar-refractivity contribution in [2.24, 2.45) is 17.2 Å². The maximum Gasteiger partial charge on any atom is 0.289 e. The van der Waals surface area contributed by atoms with Gasteiger partial charge in [-0.2, -0.15) is 0 Å². The zero-order valence-electron chi connectivity index (χ0n) is 55.4. The van der Waals surface area contributed by atoms with E-state index >= 15 is 0 Å². The zero-order chi connectivity index (χ0) is 66.2. The van der Waals surface area contributed by atoms with Gasteiger partial charge in [0.1, 0.15) is 41.1 Å². The topological polar surface area (TPSA) is 202 Å². The zero-order valence-corrected chi connectivity index (χ0v) is 56.2. The molecule has 6 aliphatic rings. The molecule has 3 fully saturated rings. The van der Waals surface area contributed by atoms with Crippen molar-refractivity contribution in [3.05, 3.63) is 224 Å². The summed E-state index contributed by atoms with van der Waals surface area (Å²) in [6.45, 7) is 23.3. The number of likely N-dealkylation sites (tertiary alicyclic amines) is 3. The predicted octanol–water partition coefficient (Wildman–Crippen LogP) is 14.1. The number of carbonyl (C=O) groups excluding carboxylic acids is 3. The Hall–Kier alpha value is -8.34. The van der Waals surface area contributed by atoms with Gasteiger partial charge in [-0.1, -0.05) is 125 Å². The number of amides is 3. The number of fused-ring (bicyclic) bond motifs is 6. The first-order valence-corrected chi connectivity index (χ1v) is 33.5. The molecule has 0 atom stereocenters. The molecule has 3 amide bonds. The van der Waals surface area contributed by atoms with Crippen molar-refractivity contribution in [3.8, 4) is 34.3 Å². The van der Waals surface area contributed by atoms with Gasteiger partial charge >= 0.3 is 0 Å². The number of ether oxygens (including phenoxy) is 4. The third kappa shape index (κ3) is 13.8. The Kier molecular flexibility index (Phi) is 18.7. The number of piperidine rings is 3. The Bertz CT molecular complexity index is 4040. The van der Waals surface area contributed by atoms with Crippen molar-refractivity contribution in [2.75, 3.05) is 59.1 Å². The summed E-state index contributed by atoms with van der Waals surface area (Å²) >= 11 is 5.98. The van der Waals surface area contributed by atoms with Crippen LogP contribution in [0.25, 0.3) is 11.3 Å². The van der Waals surface area contributed by atoms with Gasteiger partial charge in [0, 0.05) is 108 Å². The number of aryl methyl sites for hydroxylation is 1. The number of carbonyl (C=O) groups is 3. The van der Waals surface area contributed by atoms with E-state index in [-0.39, 0.29) is 51.4 Å². The van der Waals surface area contributed by atoms with Gasteiger partial charge in [0.25, 0.3) is 17.7 Å². The van der Waals surface area contributed by atoms with Crippen LogP contribution in [0.15, 0.2) is 154 Å². The number of hydrogen-bond acceptors (Lipinski definition) is 12. The van der Waals surface area contributed by atoms with Crippen molar-refractivity contribution in [2.45, 2.75) is 140 Å². The van der Waals surface area contributed by atoms with Crippen molar-refractivity contribution in [1.82, 2.24) is 14.7 Å². The lowest BCUT2D eigenvalue weighted by atomic mass is 9.74. The number of nitrogens with zero attached hydrogens (tertiary/aromatic N) is 3. The molecule has 8 heterocycles. The fourth-order valence-corrected chi connectivity index (χ4v) is 14.2. The summed E-state index contributed by atoms with van der Waals surface area (Å²) in [5, 5.41) is 0.607. The van der Waals surface area contributed by atoms with Gasteiger partial charge in [0.15, 0.2) is 11.5 Å². The quantitative estimate of drug-likeness (QED) is 0.117. The third-order valence-electron chi connectivity index (χ3n) is 20.2. The summed E-state index contributed by atoms with van der Waals surface area (Å²) in [5.41, 5.74) is 30.0. The van der Waals surface area contributed by atoms with E-state index in [0.29, 0.717) is 93.7 Å². The first-order chi connectivity index (χ1) is 45.1. The average Bonchev–Trinajstić information content (AvgIpc) is 1.56. The van der Waals surface area contributed by atoms with Gasteiger partial charge in [-0.15, -0.1) is 0 Å². The molecule has 14 rings (SSSR count). The van der Waals surface area contributed by atoms with Crippen LogP contribution in [0, 0.1) is 6.92 Å². The maximum atomic E-state index is 13.6. The molecule has 3 spiro atoms. The monoisotopic (exact) mass is 1290 g/mol. The number of hydrogen-bond donors (Lipinski definition) is 3. The molecule has 6 N–H and O–H groups in total. The van der Waals surface area contributed by atoms with E-state index in [1.807, 2.05) is 88.4 Å². The van der Waals surface area contributed by atoms with Crippen LogP contribution in [0.3, 0.4) is 0 Å². The predicted molar refractivity (Wildman–Crippen MR) is 367 cm³/mol. The Morgan fingerprint density at radius 3 is 1.36 bits per heavy atom. The second kappa shape index (κ2) is 26.8. The number of furan rings is 2. The lowest BCUT2D eigenvalue weighted by molar-refractivity contribution is 0.0607. The highest BCUT2D eigenvalue weighted by molar-refractivity contribution is 6.30. The average molecular weight is 1290 g/mol. The van der Waals surface area contributed by atoms with E-state index in [9.17, 15) is 14.4 Å². The summed E-state index contributed by atoms with van der Waals surface area (Å²) < 4.78 is 35.3. The minimum Gasteiger partial charge on any atom is -0.492 e. The highest BCUT2D eigenvalue weighted by Gasteiger charge is 2.47. The second-order valence-electron chi connectivity index (χ2n) is 28.5. The molecule has 2 aromatic heterocycles. The molecule has 8 aromatic rings. The van der Waals surface area contributed by atoms with E-state index in [1.54, 1.807) is 30.3 Å². The normalized spacial score (nSPS) is 17.2. The Labute approximate surface area is 557 Å². The molecule has 3 saturated heterocycles. The van der Waals surface area contributed by atoms with E-state index < -0.39 is 0 Å². The van der Waals surface area contributed by atoms with Crippen LogP contribution in [0.1, 0.15) is 167 Å². The fourth-order valence-electron chi connectivity index (χ4n) is 14.1. The lowest BCUT2D eigenvalue weighted by Gasteiger charge is -2.39. The van der Waals surface area contributed by atoms with Gasteiger partial charge in [-0.05, 0) is 163 Å². The second-order valence-corrected chi connectivity index (χ2v) is 29.0. The highest BCUT2D eigenvalue weighted by atomic mass is 35.5. The number of halogens is 1. The van der Waals surface area contributed by atoms with Crippen LogP contribution >= 0.6 is 11.6 Å². The summed E-state index contributed by atoms with van der Waals surface area (Å²) in [6, 6.07) is 47.6. The SMILES string of the molecule is CC(C)(C)c1cc(C(=O)N2CCC3(CC2)COc2ccc(CN)cc23)cc(C(C)(C)C)c1.Cc1cccc(-c2ccc(C(=O)N3CCC4(CC3)COc3ccc(CN)cc34)o2)c1.NCc1ccc2c(c1)C1(CCN(C(=O)c3ccc(COc4cccc(Cl)c4)o3)CC1)CO2. The Balaban J connectivity index is 0.000000135. The summed E-state index contributed by atoms with van der Waals surface area (Å²) in [7, 11) is 0. The van der Waals surface area contributed by atoms with E-state index in [0.717, 1.165) is 108 Å². The van der Waals surface area contributed by atoms with Crippen molar-refractivity contribution in [1.29, 1.82) is 0 Å². The molecular formula is C78H89ClN6O9. The fraction of sp³-hybridized carbons (Fsp3) is 0.397. The molecule has 492 valence electrons. The van der Waals surface area contributed by atoms with Crippen molar-refractivity contribution >= 4 is 29.3 Å². The molecule has 0 unspecified atom stereocenters. The van der Waals surface area contributed by atoms with Crippen LogP contribution in [0.2, 0.25) is 5.02 Å². The van der Waals surface area contributed by atoms with Crippen LogP contribution in [-0.2, 0) is 53.3 Å². The lowest BCUT2D eigenvalue weighted by Crippen LogP contribution is -2.46. The van der Waals surface area contributed by atoms with Gasteiger partial charge in [-0.3, -0.25) is 14.4 Å². The largest absolute Gasteiger partial charge is 0.492 e. The van der Waals surface area contributed by atoms with Gasteiger partial charge in [-0.25, -0.2) is 0 Å². The van der Waals surface area contributed by atoms with Crippen LogP contribution in [0.5, 0.6) is 23.0 Å². The van der Waals surface area contributed by atoms with Gasteiger partial charge < -0.3 is 59.7 Å². The molecule has 16 heteroatoms. The van der Waals surface area contributed by atoms with E-state index in [2.05, 4.69) is 90.1 Å². The molecule has 6 aliphatic heterocycles. The smallest absolute Gasteiger partial charge is 0.289 e. The molecule has 0 radical (unpaired) electrons. The molecule has 15 nitrogen and oxygen atoms in total. The summed E-state index contributed by atoms with van der Waals surface area (Å²) in [4.78, 5) is 45.4. The molecule has 6 aromatic carbocycles. The molecule has 0 saturated carbocycles. The molecule has 0 aliphatic carbocycles. The first-order valence-electron chi connectivity index (χ1n) is 33.1. The van der Waals surface area contributed by atoms with E-state index in [1.165, 1.54) is 27.8 Å². The van der Waals surface area contributed by atoms with Crippen LogP contribution in [0.4, 0.5) is 0 Å². The first kappa shape index (κ1) is 65.7. The van der Waals surface area contributed by atoms with Gasteiger partial charge in [0.2, 0.25) is 0 Å². The minimum absolute atomic E-state index is 0.00111. The summed E-state index contributed by atoms with van der Waals surface area (Å²) in [6.07, 6.45) is 5.31. The maximum absolute atomic E-state index is 13.6. The van der Waals surface area contributed by atoms with Crippen LogP contribution < -0.4 is 36.1 Å². The summed E-state index contributed by atoms with van der Waals surface area (Å²) in [5.74, 6) is 5.59. The number of rotatable bonds is 10. The number of benzene rings is 6. The van der Waals surface area contributed by atoms with Crippen molar-refractivity contribution in [3.63, 3.8) is 0 Å². The minimum atomic E-state index is -0.0938. The van der Waals surface area contributed by atoms with E-state index in [4.69, 9.17) is 56.6 Å². The Morgan fingerprint density at radius 2 is 0.926 bits per heavy atom. The van der Waals surface area contributed by atoms with Crippen LogP contribution in [-0.4, -0.2) is 91.5 Å².